The number of pyridine rings is 1. The molecule has 4 heterocycles. The Morgan fingerprint density at radius 2 is 1.91 bits per heavy atom. The van der Waals surface area contributed by atoms with Crippen LogP contribution >= 0.6 is 0 Å². The Hall–Kier alpha value is -2.91. The molecule has 3 aliphatic rings. The lowest BCUT2D eigenvalue weighted by atomic mass is 9.75. The van der Waals surface area contributed by atoms with Crippen LogP contribution in [-0.2, 0) is 21.6 Å². The number of nitrogens with one attached hydrogen (secondary N) is 1. The number of hydrogen-bond acceptors (Lipinski definition) is 5. The van der Waals surface area contributed by atoms with E-state index in [4.69, 9.17) is 4.74 Å². The van der Waals surface area contributed by atoms with E-state index in [1.54, 1.807) is 24.4 Å². The fourth-order valence-corrected chi connectivity index (χ4v) is 5.43. The zero-order valence-corrected chi connectivity index (χ0v) is 18.9. The molecular formula is C25H28F2N4O3. The van der Waals surface area contributed by atoms with Crippen LogP contribution in [0.5, 0.6) is 0 Å². The molecule has 0 aliphatic carbocycles. The van der Waals surface area contributed by atoms with Gasteiger partial charge in [-0.1, -0.05) is 12.1 Å². The minimum absolute atomic E-state index is 0.132. The van der Waals surface area contributed by atoms with Crippen molar-refractivity contribution in [2.45, 2.75) is 43.9 Å². The van der Waals surface area contributed by atoms with E-state index in [1.807, 2.05) is 6.07 Å². The summed E-state index contributed by atoms with van der Waals surface area (Å²) in [5, 5.41) is 3.02. The number of carbonyl (C=O) groups is 2. The maximum Gasteiger partial charge on any atom is 0.325 e. The third-order valence-corrected chi connectivity index (χ3v) is 7.20. The molecule has 2 atom stereocenters. The van der Waals surface area contributed by atoms with E-state index in [2.05, 4.69) is 15.2 Å². The van der Waals surface area contributed by atoms with Crippen molar-refractivity contribution in [2.75, 3.05) is 26.2 Å². The summed E-state index contributed by atoms with van der Waals surface area (Å²) in [6.07, 6.45) is 4.57. The SMILES string of the molecule is O=C1N[C@](c2ccccn2)(C2CCN(Cc3ccc(F)c(F)c3)CC2)C(=O)N1C[C@@H]1CCCO1. The monoisotopic (exact) mass is 470 g/mol. The van der Waals surface area contributed by atoms with Gasteiger partial charge in [0.05, 0.1) is 18.3 Å². The highest BCUT2D eigenvalue weighted by Gasteiger charge is 2.58. The minimum atomic E-state index is -1.22. The number of piperidine rings is 1. The van der Waals surface area contributed by atoms with Crippen LogP contribution in [-0.4, -0.2) is 59.1 Å². The number of halogens is 2. The molecule has 0 saturated carbocycles. The van der Waals surface area contributed by atoms with E-state index < -0.39 is 23.2 Å². The van der Waals surface area contributed by atoms with Crippen LogP contribution in [0.25, 0.3) is 0 Å². The highest BCUT2D eigenvalue weighted by molar-refractivity contribution is 6.07. The third-order valence-electron chi connectivity index (χ3n) is 7.20. The number of imide groups is 1. The number of rotatable bonds is 6. The molecule has 0 bridgehead atoms. The summed E-state index contributed by atoms with van der Waals surface area (Å²) in [5.41, 5.74) is 0.0254. The van der Waals surface area contributed by atoms with Crippen molar-refractivity contribution in [1.82, 2.24) is 20.1 Å². The first kappa shape index (κ1) is 22.9. The molecule has 34 heavy (non-hydrogen) atoms. The second-order valence-electron chi connectivity index (χ2n) is 9.30. The zero-order valence-electron chi connectivity index (χ0n) is 18.9. The van der Waals surface area contributed by atoms with E-state index >= 15 is 0 Å². The molecule has 3 aliphatic heterocycles. The number of carbonyl (C=O) groups excluding carboxylic acids is 2. The third kappa shape index (κ3) is 4.18. The predicted octanol–water partition coefficient (Wildman–Crippen LogP) is 3.20. The first-order valence-corrected chi connectivity index (χ1v) is 11.8. The Labute approximate surface area is 197 Å². The second kappa shape index (κ2) is 9.38. The number of ether oxygens (including phenoxy) is 1. The van der Waals surface area contributed by atoms with Crippen LogP contribution < -0.4 is 5.32 Å². The first-order chi connectivity index (χ1) is 16.5. The molecule has 0 unspecified atom stereocenters. The van der Waals surface area contributed by atoms with Gasteiger partial charge in [-0.2, -0.15) is 0 Å². The first-order valence-electron chi connectivity index (χ1n) is 11.8. The van der Waals surface area contributed by atoms with Crippen molar-refractivity contribution >= 4 is 11.9 Å². The molecule has 2 aromatic rings. The van der Waals surface area contributed by atoms with Gasteiger partial charge in [0.15, 0.2) is 17.2 Å². The van der Waals surface area contributed by atoms with Crippen LogP contribution in [0.2, 0.25) is 0 Å². The van der Waals surface area contributed by atoms with Gasteiger partial charge in [0.1, 0.15) is 0 Å². The molecule has 9 heteroatoms. The van der Waals surface area contributed by atoms with E-state index in [9.17, 15) is 18.4 Å². The van der Waals surface area contributed by atoms with E-state index in [1.165, 1.54) is 11.0 Å². The number of benzene rings is 1. The molecule has 3 fully saturated rings. The van der Waals surface area contributed by atoms with Crippen LogP contribution in [0.1, 0.15) is 36.9 Å². The van der Waals surface area contributed by atoms with E-state index in [0.717, 1.165) is 18.9 Å². The molecule has 3 amide bonds. The average Bonchev–Trinajstić information content (AvgIpc) is 3.45. The number of likely N-dealkylation sites (tertiary alicyclic amines) is 1. The zero-order chi connectivity index (χ0) is 23.7. The van der Waals surface area contributed by atoms with Gasteiger partial charge < -0.3 is 10.1 Å². The maximum absolute atomic E-state index is 13.8. The topological polar surface area (TPSA) is 74.8 Å². The molecular weight excluding hydrogens is 442 g/mol. The standard InChI is InChI=1S/C25H28F2N4O3/c26-20-7-6-17(14-21(20)27)15-30-11-8-18(9-12-30)25(22-5-1-2-10-28-22)23(32)31(24(33)29-25)16-19-4-3-13-34-19/h1-2,5-7,10,14,18-19H,3-4,8-9,11-13,15-16H2,(H,29,33)/t19-,25-/m0/s1. The summed E-state index contributed by atoms with van der Waals surface area (Å²) in [6.45, 7) is 2.70. The second-order valence-corrected chi connectivity index (χ2v) is 9.30. The van der Waals surface area contributed by atoms with E-state index in [-0.39, 0.29) is 24.5 Å². The maximum atomic E-state index is 13.8. The smallest absolute Gasteiger partial charge is 0.325 e. The lowest BCUT2D eigenvalue weighted by molar-refractivity contribution is -0.135. The lowest BCUT2D eigenvalue weighted by Crippen LogP contribution is -2.54. The average molecular weight is 471 g/mol. The lowest BCUT2D eigenvalue weighted by Gasteiger charge is -2.40. The van der Waals surface area contributed by atoms with Gasteiger partial charge in [-0.3, -0.25) is 19.6 Å². The number of aromatic nitrogens is 1. The normalized spacial score (nSPS) is 26.3. The quantitative estimate of drug-likeness (QED) is 0.657. The Balaban J connectivity index is 1.35. The van der Waals surface area contributed by atoms with Gasteiger partial charge in [-0.05, 0) is 74.5 Å². The predicted molar refractivity (Wildman–Crippen MR) is 119 cm³/mol. The highest BCUT2D eigenvalue weighted by atomic mass is 19.2. The van der Waals surface area contributed by atoms with Crippen molar-refractivity contribution in [1.29, 1.82) is 0 Å². The van der Waals surface area contributed by atoms with Crippen molar-refractivity contribution in [3.63, 3.8) is 0 Å². The summed E-state index contributed by atoms with van der Waals surface area (Å²) in [4.78, 5) is 34.7. The molecule has 7 nitrogen and oxygen atoms in total. The van der Waals surface area contributed by atoms with Crippen LogP contribution in [0.3, 0.4) is 0 Å². The Morgan fingerprint density at radius 3 is 2.59 bits per heavy atom. The van der Waals surface area contributed by atoms with Crippen LogP contribution in [0.15, 0.2) is 42.6 Å². The molecule has 180 valence electrons. The summed E-state index contributed by atoms with van der Waals surface area (Å²) in [7, 11) is 0. The summed E-state index contributed by atoms with van der Waals surface area (Å²) in [5.74, 6) is -2.13. The van der Waals surface area contributed by atoms with Crippen molar-refractivity contribution in [3.05, 3.63) is 65.5 Å². The summed E-state index contributed by atoms with van der Waals surface area (Å²) < 4.78 is 32.5. The fraction of sp³-hybridized carbons (Fsp3) is 0.480. The van der Waals surface area contributed by atoms with Crippen molar-refractivity contribution in [2.24, 2.45) is 5.92 Å². The van der Waals surface area contributed by atoms with Crippen molar-refractivity contribution < 1.29 is 23.1 Å². The Bertz CT molecular complexity index is 1060. The van der Waals surface area contributed by atoms with E-state index in [0.29, 0.717) is 50.3 Å². The number of amides is 3. The molecule has 0 spiro atoms. The van der Waals surface area contributed by atoms with Gasteiger partial charge in [0, 0.05) is 19.3 Å². The fourth-order valence-electron chi connectivity index (χ4n) is 5.43. The van der Waals surface area contributed by atoms with Gasteiger partial charge >= 0.3 is 6.03 Å². The van der Waals surface area contributed by atoms with Crippen LogP contribution in [0, 0.1) is 17.6 Å². The molecule has 1 aromatic carbocycles. The molecule has 1 N–H and O–H groups in total. The highest BCUT2D eigenvalue weighted by Crippen LogP contribution is 2.41. The van der Waals surface area contributed by atoms with Gasteiger partial charge in [-0.15, -0.1) is 0 Å². The minimum Gasteiger partial charge on any atom is -0.376 e. The van der Waals surface area contributed by atoms with Gasteiger partial charge in [0.2, 0.25) is 0 Å². The van der Waals surface area contributed by atoms with Gasteiger partial charge in [0.25, 0.3) is 5.91 Å². The molecule has 3 saturated heterocycles. The van der Waals surface area contributed by atoms with Gasteiger partial charge in [-0.25, -0.2) is 13.6 Å². The Morgan fingerprint density at radius 1 is 1.09 bits per heavy atom. The molecule has 1 aromatic heterocycles. The summed E-state index contributed by atoms with van der Waals surface area (Å²) in [6, 6.07) is 8.95. The number of nitrogens with zero attached hydrogens (tertiary/aromatic N) is 3. The number of urea groups is 1. The Kier molecular flexibility index (Phi) is 6.31. The largest absolute Gasteiger partial charge is 0.376 e. The summed E-state index contributed by atoms with van der Waals surface area (Å²) >= 11 is 0. The molecule has 5 rings (SSSR count). The number of hydrogen-bond donors (Lipinski definition) is 1. The van der Waals surface area contributed by atoms with Crippen LogP contribution in [0.4, 0.5) is 13.6 Å². The van der Waals surface area contributed by atoms with Crippen molar-refractivity contribution in [3.8, 4) is 0 Å². The molecule has 0 radical (unpaired) electrons.